The lowest BCUT2D eigenvalue weighted by Gasteiger charge is -2.25. The van der Waals surface area contributed by atoms with Gasteiger partial charge in [-0.05, 0) is 37.0 Å². The molecule has 1 saturated carbocycles. The van der Waals surface area contributed by atoms with E-state index in [0.717, 1.165) is 42.4 Å². The van der Waals surface area contributed by atoms with Gasteiger partial charge in [0, 0.05) is 30.2 Å². The molecule has 3 nitrogen and oxygen atoms in total. The van der Waals surface area contributed by atoms with E-state index < -0.39 is 0 Å². The van der Waals surface area contributed by atoms with Crippen LogP contribution >= 0.6 is 15.9 Å². The lowest BCUT2D eigenvalue weighted by Crippen LogP contribution is -2.21. The van der Waals surface area contributed by atoms with Crippen molar-refractivity contribution in [2.45, 2.75) is 25.8 Å². The molecule has 0 spiro atoms. The molecule has 106 valence electrons. The lowest BCUT2D eigenvalue weighted by atomic mass is 9.86. The number of halogens is 1. The minimum Gasteiger partial charge on any atom is -0.493 e. The van der Waals surface area contributed by atoms with Gasteiger partial charge in [-0.3, -0.25) is 0 Å². The molecular formula is C15H22BrNO2. The van der Waals surface area contributed by atoms with Gasteiger partial charge in [0.2, 0.25) is 0 Å². The first-order valence-corrected chi connectivity index (χ1v) is 7.70. The first kappa shape index (κ1) is 14.8. The molecule has 1 N–H and O–H groups in total. The van der Waals surface area contributed by atoms with Crippen LogP contribution in [0.25, 0.3) is 0 Å². The molecule has 2 rings (SSSR count). The maximum atomic E-state index is 5.96. The second-order valence-corrected chi connectivity index (χ2v) is 5.95. The zero-order valence-electron chi connectivity index (χ0n) is 11.5. The van der Waals surface area contributed by atoms with E-state index in [0.29, 0.717) is 0 Å². The summed E-state index contributed by atoms with van der Waals surface area (Å²) in [4.78, 5) is 0. The summed E-state index contributed by atoms with van der Waals surface area (Å²) >= 11 is 3.52. The summed E-state index contributed by atoms with van der Waals surface area (Å²) in [5, 5.41) is 3.36. The Morgan fingerprint density at radius 1 is 1.37 bits per heavy atom. The highest BCUT2D eigenvalue weighted by Crippen LogP contribution is 2.29. The van der Waals surface area contributed by atoms with Crippen LogP contribution in [0, 0.1) is 5.92 Å². The van der Waals surface area contributed by atoms with Crippen molar-refractivity contribution < 1.29 is 9.47 Å². The minimum absolute atomic E-state index is 0.728. The molecule has 0 saturated heterocycles. The predicted molar refractivity (Wildman–Crippen MR) is 80.6 cm³/mol. The third-order valence-corrected chi connectivity index (χ3v) is 4.01. The second kappa shape index (κ2) is 7.88. The fourth-order valence-electron chi connectivity index (χ4n) is 2.09. The molecule has 0 aliphatic heterocycles. The highest BCUT2D eigenvalue weighted by atomic mass is 79.9. The van der Waals surface area contributed by atoms with Crippen LogP contribution in [0.15, 0.2) is 22.7 Å². The quantitative estimate of drug-likeness (QED) is 0.742. The Hall–Kier alpha value is -0.580. The standard InChI is InChI=1S/C15H22BrNO2/c1-18-8-7-17-10-13-9-14(16)5-6-15(13)19-11-12-3-2-4-12/h5-6,9,12,17H,2-4,7-8,10-11H2,1H3. The van der Waals surface area contributed by atoms with Gasteiger partial charge in [0.05, 0.1) is 13.2 Å². The number of hydrogen-bond acceptors (Lipinski definition) is 3. The summed E-state index contributed by atoms with van der Waals surface area (Å²) in [5.41, 5.74) is 1.20. The van der Waals surface area contributed by atoms with E-state index in [4.69, 9.17) is 9.47 Å². The smallest absolute Gasteiger partial charge is 0.123 e. The van der Waals surface area contributed by atoms with E-state index in [-0.39, 0.29) is 0 Å². The monoisotopic (exact) mass is 327 g/mol. The normalized spacial score (nSPS) is 15.3. The first-order chi connectivity index (χ1) is 9.29. The van der Waals surface area contributed by atoms with E-state index in [1.807, 2.05) is 6.07 Å². The summed E-state index contributed by atoms with van der Waals surface area (Å²) in [5.74, 6) is 1.76. The molecule has 0 aromatic heterocycles. The van der Waals surface area contributed by atoms with Gasteiger partial charge in [-0.1, -0.05) is 22.4 Å². The van der Waals surface area contributed by atoms with Crippen LogP contribution in [-0.4, -0.2) is 26.9 Å². The van der Waals surface area contributed by atoms with Crippen molar-refractivity contribution in [1.29, 1.82) is 0 Å². The summed E-state index contributed by atoms with van der Waals surface area (Å²) in [6, 6.07) is 6.21. The van der Waals surface area contributed by atoms with E-state index in [1.165, 1.54) is 24.8 Å². The van der Waals surface area contributed by atoms with E-state index >= 15 is 0 Å². The fourth-order valence-corrected chi connectivity index (χ4v) is 2.50. The van der Waals surface area contributed by atoms with Crippen molar-refractivity contribution >= 4 is 15.9 Å². The molecule has 1 aliphatic rings. The Morgan fingerprint density at radius 2 is 2.21 bits per heavy atom. The van der Waals surface area contributed by atoms with Gasteiger partial charge in [0.15, 0.2) is 0 Å². The summed E-state index contributed by atoms with van der Waals surface area (Å²) in [7, 11) is 1.72. The van der Waals surface area contributed by atoms with Crippen molar-refractivity contribution in [1.82, 2.24) is 5.32 Å². The molecule has 1 aromatic rings. The van der Waals surface area contributed by atoms with Crippen LogP contribution in [0.3, 0.4) is 0 Å². The van der Waals surface area contributed by atoms with Crippen molar-refractivity contribution in [3.63, 3.8) is 0 Å². The topological polar surface area (TPSA) is 30.5 Å². The van der Waals surface area contributed by atoms with E-state index in [2.05, 4.69) is 33.4 Å². The zero-order chi connectivity index (χ0) is 13.5. The molecular weight excluding hydrogens is 306 g/mol. The Labute approximate surface area is 123 Å². The van der Waals surface area contributed by atoms with E-state index in [9.17, 15) is 0 Å². The molecule has 4 heteroatoms. The highest BCUT2D eigenvalue weighted by molar-refractivity contribution is 9.10. The average Bonchev–Trinajstić information content (AvgIpc) is 2.35. The number of methoxy groups -OCH3 is 1. The van der Waals surface area contributed by atoms with Crippen molar-refractivity contribution in [3.8, 4) is 5.75 Å². The van der Waals surface area contributed by atoms with Gasteiger partial charge in [-0.25, -0.2) is 0 Å². The summed E-state index contributed by atoms with van der Waals surface area (Å²) in [6.45, 7) is 3.24. The number of rotatable bonds is 8. The Kier molecular flexibility index (Phi) is 6.14. The van der Waals surface area contributed by atoms with Gasteiger partial charge in [0.25, 0.3) is 0 Å². The van der Waals surface area contributed by atoms with Crippen molar-refractivity contribution in [3.05, 3.63) is 28.2 Å². The molecule has 1 aromatic carbocycles. The Morgan fingerprint density at radius 3 is 2.89 bits per heavy atom. The van der Waals surface area contributed by atoms with Crippen LogP contribution in [0.4, 0.5) is 0 Å². The molecule has 0 radical (unpaired) electrons. The molecule has 0 amide bonds. The average molecular weight is 328 g/mol. The molecule has 0 unspecified atom stereocenters. The number of nitrogens with one attached hydrogen (secondary N) is 1. The molecule has 0 bridgehead atoms. The molecule has 1 aliphatic carbocycles. The number of hydrogen-bond donors (Lipinski definition) is 1. The largest absolute Gasteiger partial charge is 0.493 e. The zero-order valence-corrected chi connectivity index (χ0v) is 13.0. The molecule has 19 heavy (non-hydrogen) atoms. The van der Waals surface area contributed by atoms with Gasteiger partial charge in [-0.15, -0.1) is 0 Å². The number of benzene rings is 1. The van der Waals surface area contributed by atoms with Crippen LogP contribution in [0.2, 0.25) is 0 Å². The maximum absolute atomic E-state index is 5.96. The Balaban J connectivity index is 1.87. The molecule has 0 heterocycles. The highest BCUT2D eigenvalue weighted by Gasteiger charge is 2.18. The van der Waals surface area contributed by atoms with Crippen molar-refractivity contribution in [2.75, 3.05) is 26.9 Å². The SMILES string of the molecule is COCCNCc1cc(Br)ccc1OCC1CCC1. The van der Waals surface area contributed by atoms with Gasteiger partial charge < -0.3 is 14.8 Å². The van der Waals surface area contributed by atoms with Crippen LogP contribution in [0.5, 0.6) is 5.75 Å². The van der Waals surface area contributed by atoms with Crippen molar-refractivity contribution in [2.24, 2.45) is 5.92 Å². The number of ether oxygens (including phenoxy) is 2. The summed E-state index contributed by atoms with van der Waals surface area (Å²) < 4.78 is 12.1. The van der Waals surface area contributed by atoms with Gasteiger partial charge >= 0.3 is 0 Å². The van der Waals surface area contributed by atoms with Crippen LogP contribution < -0.4 is 10.1 Å². The first-order valence-electron chi connectivity index (χ1n) is 6.90. The third-order valence-electron chi connectivity index (χ3n) is 3.52. The minimum atomic E-state index is 0.728. The predicted octanol–water partition coefficient (Wildman–Crippen LogP) is 3.36. The third kappa shape index (κ3) is 4.79. The van der Waals surface area contributed by atoms with Crippen LogP contribution in [0.1, 0.15) is 24.8 Å². The van der Waals surface area contributed by atoms with Gasteiger partial charge in [0.1, 0.15) is 5.75 Å². The fraction of sp³-hybridized carbons (Fsp3) is 0.600. The summed E-state index contributed by atoms with van der Waals surface area (Å²) in [6.07, 6.45) is 4.00. The Bertz CT molecular complexity index is 394. The molecule has 0 atom stereocenters. The van der Waals surface area contributed by atoms with E-state index in [1.54, 1.807) is 7.11 Å². The molecule has 1 fully saturated rings. The van der Waals surface area contributed by atoms with Gasteiger partial charge in [-0.2, -0.15) is 0 Å². The lowest BCUT2D eigenvalue weighted by molar-refractivity contribution is 0.178. The second-order valence-electron chi connectivity index (χ2n) is 5.03. The van der Waals surface area contributed by atoms with Crippen LogP contribution in [-0.2, 0) is 11.3 Å². The maximum Gasteiger partial charge on any atom is 0.123 e.